The van der Waals surface area contributed by atoms with E-state index in [0.29, 0.717) is 24.0 Å². The Hall–Kier alpha value is -1.16. The molecule has 90 valence electrons. The lowest BCUT2D eigenvalue weighted by Gasteiger charge is -2.25. The van der Waals surface area contributed by atoms with Crippen LogP contribution in [0.2, 0.25) is 0 Å². The molecule has 1 aromatic rings. The van der Waals surface area contributed by atoms with Gasteiger partial charge in [0.05, 0.1) is 5.54 Å². The molecule has 16 heavy (non-hydrogen) atoms. The van der Waals surface area contributed by atoms with Gasteiger partial charge in [0.1, 0.15) is 12.0 Å². The molecule has 0 radical (unpaired) electrons. The van der Waals surface area contributed by atoms with E-state index in [-0.39, 0.29) is 11.3 Å². The minimum atomic E-state index is -0.361. The van der Waals surface area contributed by atoms with Crippen molar-refractivity contribution in [1.29, 1.82) is 0 Å². The fourth-order valence-corrected chi connectivity index (χ4v) is 1.65. The van der Waals surface area contributed by atoms with Crippen molar-refractivity contribution < 1.29 is 9.21 Å². The Labute approximate surface area is 96.4 Å². The molecule has 1 N–H and O–H groups in total. The lowest BCUT2D eigenvalue weighted by atomic mass is 10.0. The Balaban J connectivity index is 2.88. The topological polar surface area (TPSA) is 55.1 Å². The van der Waals surface area contributed by atoms with E-state index in [4.69, 9.17) is 4.42 Å². The van der Waals surface area contributed by atoms with Crippen LogP contribution in [0.1, 0.15) is 57.4 Å². The van der Waals surface area contributed by atoms with Gasteiger partial charge in [0.2, 0.25) is 5.89 Å². The van der Waals surface area contributed by atoms with E-state index >= 15 is 0 Å². The standard InChI is InChI=1S/C12H20N2O2/c1-6-10(15)9-7-16-11(13-9)12(4,5)14-8(2)3/h7-8,14H,6H2,1-5H3. The van der Waals surface area contributed by atoms with Crippen molar-refractivity contribution in [3.63, 3.8) is 0 Å². The van der Waals surface area contributed by atoms with Gasteiger partial charge in [-0.15, -0.1) is 0 Å². The van der Waals surface area contributed by atoms with E-state index in [9.17, 15) is 4.79 Å². The molecule has 0 saturated carbocycles. The molecular formula is C12H20N2O2. The molecule has 0 aliphatic carbocycles. The molecule has 0 fully saturated rings. The maximum Gasteiger partial charge on any atom is 0.214 e. The zero-order valence-electron chi connectivity index (χ0n) is 10.6. The van der Waals surface area contributed by atoms with E-state index in [1.54, 1.807) is 0 Å². The minimum absolute atomic E-state index is 0.00958. The number of nitrogens with zero attached hydrogens (tertiary/aromatic N) is 1. The molecule has 0 atom stereocenters. The van der Waals surface area contributed by atoms with Crippen LogP contribution in [0.5, 0.6) is 0 Å². The number of Topliss-reactive ketones (excluding diaryl/α,β-unsaturated/α-hetero) is 1. The number of hydrogen-bond acceptors (Lipinski definition) is 4. The molecule has 0 unspecified atom stereocenters. The first-order chi connectivity index (χ1) is 7.36. The van der Waals surface area contributed by atoms with Gasteiger partial charge in [0.25, 0.3) is 0 Å². The van der Waals surface area contributed by atoms with E-state index in [1.165, 1.54) is 6.26 Å². The molecule has 0 bridgehead atoms. The van der Waals surface area contributed by atoms with Gasteiger partial charge in [-0.1, -0.05) is 6.92 Å². The lowest BCUT2D eigenvalue weighted by molar-refractivity contribution is 0.0983. The van der Waals surface area contributed by atoms with Crippen molar-refractivity contribution in [2.24, 2.45) is 0 Å². The predicted octanol–water partition coefficient (Wildman–Crippen LogP) is 2.50. The molecule has 0 aliphatic rings. The molecule has 0 spiro atoms. The fourth-order valence-electron chi connectivity index (χ4n) is 1.65. The Morgan fingerprint density at radius 1 is 1.56 bits per heavy atom. The average molecular weight is 224 g/mol. The molecule has 0 aromatic carbocycles. The summed E-state index contributed by atoms with van der Waals surface area (Å²) in [6.07, 6.45) is 1.88. The van der Waals surface area contributed by atoms with Crippen LogP contribution < -0.4 is 5.32 Å². The van der Waals surface area contributed by atoms with Crippen molar-refractivity contribution in [2.45, 2.75) is 52.6 Å². The fraction of sp³-hybridized carbons (Fsp3) is 0.667. The normalized spacial score (nSPS) is 12.1. The van der Waals surface area contributed by atoms with Crippen LogP contribution >= 0.6 is 0 Å². The smallest absolute Gasteiger partial charge is 0.214 e. The SMILES string of the molecule is CCC(=O)c1coc(C(C)(C)NC(C)C)n1. The van der Waals surface area contributed by atoms with Crippen LogP contribution in [0.15, 0.2) is 10.7 Å². The third kappa shape index (κ3) is 2.92. The van der Waals surface area contributed by atoms with Gasteiger partial charge >= 0.3 is 0 Å². The van der Waals surface area contributed by atoms with Crippen LogP contribution in [0.3, 0.4) is 0 Å². The molecule has 0 aliphatic heterocycles. The minimum Gasteiger partial charge on any atom is -0.446 e. The second kappa shape index (κ2) is 4.78. The van der Waals surface area contributed by atoms with E-state index in [1.807, 2.05) is 20.8 Å². The van der Waals surface area contributed by atoms with Gasteiger partial charge in [-0.05, 0) is 27.7 Å². The van der Waals surface area contributed by atoms with Crippen LogP contribution in [0.4, 0.5) is 0 Å². The third-order valence-electron chi connectivity index (χ3n) is 2.30. The zero-order valence-corrected chi connectivity index (χ0v) is 10.6. The molecule has 0 saturated heterocycles. The van der Waals surface area contributed by atoms with Crippen LogP contribution in [0, 0.1) is 0 Å². The van der Waals surface area contributed by atoms with Crippen LogP contribution in [-0.4, -0.2) is 16.8 Å². The number of ketones is 1. The quantitative estimate of drug-likeness (QED) is 0.781. The van der Waals surface area contributed by atoms with E-state index in [2.05, 4.69) is 24.1 Å². The summed E-state index contributed by atoms with van der Waals surface area (Å²) in [4.78, 5) is 15.7. The van der Waals surface area contributed by atoms with Crippen LogP contribution in [-0.2, 0) is 5.54 Å². The van der Waals surface area contributed by atoms with Gasteiger partial charge < -0.3 is 9.73 Å². The van der Waals surface area contributed by atoms with Crippen molar-refractivity contribution in [1.82, 2.24) is 10.3 Å². The number of nitrogens with one attached hydrogen (secondary N) is 1. The molecular weight excluding hydrogens is 204 g/mol. The average Bonchev–Trinajstić information content (AvgIpc) is 2.63. The summed E-state index contributed by atoms with van der Waals surface area (Å²) in [7, 11) is 0. The summed E-state index contributed by atoms with van der Waals surface area (Å²) in [5.41, 5.74) is 0.0524. The van der Waals surface area contributed by atoms with Crippen molar-refractivity contribution in [2.75, 3.05) is 0 Å². The molecule has 4 heteroatoms. The summed E-state index contributed by atoms with van der Waals surface area (Å²) in [6.45, 7) is 9.90. The number of aromatic nitrogens is 1. The third-order valence-corrected chi connectivity index (χ3v) is 2.30. The number of oxazole rings is 1. The Morgan fingerprint density at radius 3 is 2.69 bits per heavy atom. The lowest BCUT2D eigenvalue weighted by Crippen LogP contribution is -2.41. The van der Waals surface area contributed by atoms with Crippen molar-refractivity contribution >= 4 is 5.78 Å². The monoisotopic (exact) mass is 224 g/mol. The van der Waals surface area contributed by atoms with Gasteiger partial charge in [-0.2, -0.15) is 0 Å². The zero-order chi connectivity index (χ0) is 12.3. The van der Waals surface area contributed by atoms with Crippen LogP contribution in [0.25, 0.3) is 0 Å². The highest BCUT2D eigenvalue weighted by Gasteiger charge is 2.27. The maximum absolute atomic E-state index is 11.4. The number of rotatable bonds is 5. The molecule has 1 rings (SSSR count). The summed E-state index contributed by atoms with van der Waals surface area (Å²) in [6, 6.07) is 0.326. The van der Waals surface area contributed by atoms with Gasteiger partial charge in [0, 0.05) is 12.5 Å². The van der Waals surface area contributed by atoms with Crippen molar-refractivity contribution in [3.8, 4) is 0 Å². The highest BCUT2D eigenvalue weighted by Crippen LogP contribution is 2.20. The first-order valence-electron chi connectivity index (χ1n) is 5.63. The summed E-state index contributed by atoms with van der Waals surface area (Å²) >= 11 is 0. The Morgan fingerprint density at radius 2 is 2.19 bits per heavy atom. The molecule has 1 heterocycles. The van der Waals surface area contributed by atoms with Gasteiger partial charge in [-0.3, -0.25) is 4.79 Å². The highest BCUT2D eigenvalue weighted by molar-refractivity contribution is 5.93. The number of carbonyl (C=O) groups excluding carboxylic acids is 1. The summed E-state index contributed by atoms with van der Waals surface area (Å²) in [5.74, 6) is 0.563. The first kappa shape index (κ1) is 12.9. The maximum atomic E-state index is 11.4. The first-order valence-corrected chi connectivity index (χ1v) is 5.63. The number of carbonyl (C=O) groups is 1. The van der Waals surface area contributed by atoms with Gasteiger partial charge in [-0.25, -0.2) is 4.98 Å². The number of hydrogen-bond donors (Lipinski definition) is 1. The second-order valence-electron chi connectivity index (χ2n) is 4.74. The summed E-state index contributed by atoms with van der Waals surface area (Å²) < 4.78 is 5.36. The highest BCUT2D eigenvalue weighted by atomic mass is 16.3. The molecule has 0 amide bonds. The Bertz CT molecular complexity index is 367. The summed E-state index contributed by atoms with van der Waals surface area (Å²) in [5, 5.41) is 3.34. The Kier molecular flexibility index (Phi) is 3.86. The largest absolute Gasteiger partial charge is 0.446 e. The predicted molar refractivity (Wildman–Crippen MR) is 62.4 cm³/mol. The second-order valence-corrected chi connectivity index (χ2v) is 4.74. The van der Waals surface area contributed by atoms with Crippen molar-refractivity contribution in [3.05, 3.63) is 17.8 Å². The van der Waals surface area contributed by atoms with Gasteiger partial charge in [0.15, 0.2) is 5.78 Å². The van der Waals surface area contributed by atoms with E-state index < -0.39 is 0 Å². The van der Waals surface area contributed by atoms with E-state index in [0.717, 1.165) is 0 Å². The molecule has 1 aromatic heterocycles. The molecule has 4 nitrogen and oxygen atoms in total.